The Kier molecular flexibility index (Phi) is 6.60. The zero-order valence-electron chi connectivity index (χ0n) is 15.2. The van der Waals surface area contributed by atoms with Gasteiger partial charge in [-0.05, 0) is 49.9 Å². The summed E-state index contributed by atoms with van der Waals surface area (Å²) in [5.41, 5.74) is 6.90. The Hall–Kier alpha value is -2.13. The lowest BCUT2D eigenvalue weighted by molar-refractivity contribution is -0.132. The Morgan fingerprint density at radius 1 is 1.15 bits per heavy atom. The van der Waals surface area contributed by atoms with Crippen molar-refractivity contribution in [2.45, 2.75) is 26.7 Å². The van der Waals surface area contributed by atoms with Crippen molar-refractivity contribution in [2.75, 3.05) is 26.0 Å². The number of piperidine rings is 1. The number of hydrazine groups is 1. The van der Waals surface area contributed by atoms with Crippen LogP contribution in [0.3, 0.4) is 0 Å². The first-order valence-electron chi connectivity index (χ1n) is 8.40. The first-order valence-corrected chi connectivity index (χ1v) is 10.3. The van der Waals surface area contributed by atoms with Crippen LogP contribution in [-0.2, 0) is 19.6 Å². The predicted octanol–water partition coefficient (Wildman–Crippen LogP) is 0.501. The van der Waals surface area contributed by atoms with E-state index in [-0.39, 0.29) is 18.4 Å². The van der Waals surface area contributed by atoms with Crippen molar-refractivity contribution in [1.82, 2.24) is 15.2 Å². The molecule has 0 aliphatic carbocycles. The number of amides is 2. The van der Waals surface area contributed by atoms with Crippen LogP contribution >= 0.6 is 0 Å². The molecule has 0 radical (unpaired) electrons. The first kappa shape index (κ1) is 20.2. The molecule has 0 spiro atoms. The lowest BCUT2D eigenvalue weighted by Gasteiger charge is -2.29. The lowest BCUT2D eigenvalue weighted by Crippen LogP contribution is -2.49. The number of nitrogens with zero attached hydrogens (tertiary/aromatic N) is 1. The quantitative estimate of drug-likeness (QED) is 0.721. The van der Waals surface area contributed by atoms with Gasteiger partial charge in [0.05, 0.1) is 6.26 Å². The minimum Gasteiger partial charge on any atom is -0.484 e. The molecule has 144 valence electrons. The van der Waals surface area contributed by atoms with E-state index in [1.54, 1.807) is 6.07 Å². The average molecular weight is 383 g/mol. The summed E-state index contributed by atoms with van der Waals surface area (Å²) in [6, 6.07) is 5.54. The van der Waals surface area contributed by atoms with Gasteiger partial charge in [0.1, 0.15) is 5.75 Å². The summed E-state index contributed by atoms with van der Waals surface area (Å²) in [4.78, 5) is 23.9. The van der Waals surface area contributed by atoms with E-state index >= 15 is 0 Å². The fourth-order valence-corrected chi connectivity index (χ4v) is 3.55. The van der Waals surface area contributed by atoms with Gasteiger partial charge in [-0.15, -0.1) is 0 Å². The van der Waals surface area contributed by atoms with Crippen LogP contribution in [0.4, 0.5) is 0 Å². The van der Waals surface area contributed by atoms with Gasteiger partial charge in [-0.2, -0.15) is 0 Å². The highest BCUT2D eigenvalue weighted by Crippen LogP contribution is 2.19. The molecular weight excluding hydrogens is 358 g/mol. The molecule has 2 amide bonds. The Bertz CT molecular complexity index is 771. The van der Waals surface area contributed by atoms with Crippen molar-refractivity contribution in [3.63, 3.8) is 0 Å². The number of nitrogens with one attached hydrogen (secondary N) is 2. The molecule has 0 atom stereocenters. The molecule has 9 heteroatoms. The first-order chi connectivity index (χ1) is 12.2. The number of hydrogen-bond donors (Lipinski definition) is 2. The van der Waals surface area contributed by atoms with Crippen LogP contribution in [0.15, 0.2) is 18.2 Å². The Morgan fingerprint density at radius 2 is 1.81 bits per heavy atom. The molecule has 2 N–H and O–H groups in total. The van der Waals surface area contributed by atoms with E-state index in [2.05, 4.69) is 10.9 Å². The maximum Gasteiger partial charge on any atom is 0.276 e. The average Bonchev–Trinajstić information content (AvgIpc) is 2.60. The SMILES string of the molecule is Cc1ccc(OCC(=O)NNC(=O)C2CCN(S(C)(=O)=O)CC2)cc1C. The molecule has 2 rings (SSSR count). The van der Waals surface area contributed by atoms with Crippen LogP contribution in [0.1, 0.15) is 24.0 Å². The van der Waals surface area contributed by atoms with Crippen molar-refractivity contribution in [3.8, 4) is 5.75 Å². The van der Waals surface area contributed by atoms with Gasteiger partial charge < -0.3 is 4.74 Å². The molecule has 1 aliphatic rings. The Labute approximate surface area is 153 Å². The second-order valence-electron chi connectivity index (χ2n) is 6.51. The molecule has 0 unspecified atom stereocenters. The maximum atomic E-state index is 12.1. The molecule has 1 heterocycles. The third-order valence-corrected chi connectivity index (χ3v) is 5.77. The van der Waals surface area contributed by atoms with Gasteiger partial charge in [-0.25, -0.2) is 12.7 Å². The van der Waals surface area contributed by atoms with Gasteiger partial charge >= 0.3 is 0 Å². The molecule has 1 aromatic rings. The molecule has 8 nitrogen and oxygen atoms in total. The van der Waals surface area contributed by atoms with Gasteiger partial charge in [0.25, 0.3) is 5.91 Å². The topological polar surface area (TPSA) is 105 Å². The Morgan fingerprint density at radius 3 is 2.38 bits per heavy atom. The number of carbonyl (C=O) groups is 2. The summed E-state index contributed by atoms with van der Waals surface area (Å²) in [5.74, 6) is -0.528. The van der Waals surface area contributed by atoms with Crippen molar-refractivity contribution >= 4 is 21.8 Å². The number of rotatable bonds is 5. The zero-order valence-corrected chi connectivity index (χ0v) is 16.1. The van der Waals surface area contributed by atoms with Crippen molar-refractivity contribution in [1.29, 1.82) is 0 Å². The summed E-state index contributed by atoms with van der Waals surface area (Å²) < 4.78 is 29.7. The van der Waals surface area contributed by atoms with Gasteiger partial charge in [-0.3, -0.25) is 20.4 Å². The number of aryl methyl sites for hydroxylation is 2. The molecule has 1 aliphatic heterocycles. The van der Waals surface area contributed by atoms with E-state index in [1.807, 2.05) is 26.0 Å². The smallest absolute Gasteiger partial charge is 0.276 e. The van der Waals surface area contributed by atoms with Crippen LogP contribution in [0.5, 0.6) is 5.75 Å². The summed E-state index contributed by atoms with van der Waals surface area (Å²) in [6.07, 6.45) is 2.00. The maximum absolute atomic E-state index is 12.1. The van der Waals surface area contributed by atoms with Gasteiger partial charge in [0.15, 0.2) is 6.61 Å². The monoisotopic (exact) mass is 383 g/mol. The largest absolute Gasteiger partial charge is 0.484 e. The summed E-state index contributed by atoms with van der Waals surface area (Å²) >= 11 is 0. The zero-order chi connectivity index (χ0) is 19.3. The standard InChI is InChI=1S/C17H25N3O5S/c1-12-4-5-15(10-13(12)2)25-11-16(21)18-19-17(22)14-6-8-20(9-7-14)26(3,23)24/h4-5,10,14H,6-9,11H2,1-3H3,(H,18,21)(H,19,22). The third kappa shape index (κ3) is 5.70. The highest BCUT2D eigenvalue weighted by atomic mass is 32.2. The fraction of sp³-hybridized carbons (Fsp3) is 0.529. The molecule has 0 aromatic heterocycles. The van der Waals surface area contributed by atoms with E-state index in [0.29, 0.717) is 31.7 Å². The summed E-state index contributed by atoms with van der Waals surface area (Å²) in [6.45, 7) is 4.34. The summed E-state index contributed by atoms with van der Waals surface area (Å²) in [7, 11) is -3.22. The van der Waals surface area contributed by atoms with Gasteiger partial charge in [0.2, 0.25) is 15.9 Å². The van der Waals surface area contributed by atoms with Crippen molar-refractivity contribution < 1.29 is 22.7 Å². The molecule has 0 saturated carbocycles. The minimum atomic E-state index is -3.22. The Balaban J connectivity index is 1.72. The predicted molar refractivity (Wildman–Crippen MR) is 96.8 cm³/mol. The van der Waals surface area contributed by atoms with E-state index in [4.69, 9.17) is 4.74 Å². The summed E-state index contributed by atoms with van der Waals surface area (Å²) in [5, 5.41) is 0. The van der Waals surface area contributed by atoms with Crippen LogP contribution in [0.2, 0.25) is 0 Å². The lowest BCUT2D eigenvalue weighted by atomic mass is 9.98. The molecule has 26 heavy (non-hydrogen) atoms. The molecular formula is C17H25N3O5S. The van der Waals surface area contributed by atoms with Gasteiger partial charge in [-0.1, -0.05) is 6.07 Å². The van der Waals surface area contributed by atoms with Crippen LogP contribution < -0.4 is 15.6 Å². The highest BCUT2D eigenvalue weighted by Gasteiger charge is 2.29. The van der Waals surface area contributed by atoms with Crippen LogP contribution in [-0.4, -0.2) is 50.5 Å². The number of ether oxygens (including phenoxy) is 1. The normalized spacial score (nSPS) is 16.1. The minimum absolute atomic E-state index is 0.213. The molecule has 1 saturated heterocycles. The van der Waals surface area contributed by atoms with E-state index < -0.39 is 15.9 Å². The van der Waals surface area contributed by atoms with E-state index in [0.717, 1.165) is 17.4 Å². The van der Waals surface area contributed by atoms with Gasteiger partial charge in [0, 0.05) is 19.0 Å². The van der Waals surface area contributed by atoms with Crippen LogP contribution in [0.25, 0.3) is 0 Å². The molecule has 1 fully saturated rings. The van der Waals surface area contributed by atoms with E-state index in [1.165, 1.54) is 4.31 Å². The van der Waals surface area contributed by atoms with Crippen molar-refractivity contribution in [3.05, 3.63) is 29.3 Å². The second kappa shape index (κ2) is 8.50. The fourth-order valence-electron chi connectivity index (χ4n) is 2.67. The molecule has 0 bridgehead atoms. The van der Waals surface area contributed by atoms with Crippen LogP contribution in [0, 0.1) is 19.8 Å². The van der Waals surface area contributed by atoms with Crippen molar-refractivity contribution in [2.24, 2.45) is 5.92 Å². The third-order valence-electron chi connectivity index (χ3n) is 4.47. The van der Waals surface area contributed by atoms with E-state index in [9.17, 15) is 18.0 Å². The number of hydrogen-bond acceptors (Lipinski definition) is 5. The number of carbonyl (C=O) groups excluding carboxylic acids is 2. The second-order valence-corrected chi connectivity index (χ2v) is 8.49. The number of benzene rings is 1. The number of sulfonamides is 1. The highest BCUT2D eigenvalue weighted by molar-refractivity contribution is 7.88. The molecule has 1 aromatic carbocycles.